The molecule has 3 aromatic rings. The van der Waals surface area contributed by atoms with Crippen molar-refractivity contribution in [2.75, 3.05) is 11.4 Å². The third-order valence-corrected chi connectivity index (χ3v) is 5.89. The van der Waals surface area contributed by atoms with Crippen LogP contribution in [0.4, 0.5) is 9.52 Å². The molecule has 0 saturated carbocycles. The lowest BCUT2D eigenvalue weighted by molar-refractivity contribution is 0.0705. The lowest BCUT2D eigenvalue weighted by atomic mass is 10.00. The molecule has 2 N–H and O–H groups in total. The first-order chi connectivity index (χ1) is 13.5. The molecule has 5 nitrogen and oxygen atoms in total. The van der Waals surface area contributed by atoms with E-state index >= 15 is 0 Å². The van der Waals surface area contributed by atoms with Gasteiger partial charge in [-0.05, 0) is 42.7 Å². The molecule has 1 aliphatic heterocycles. The SMILES string of the molecule is O=C(NO)c1cc(F)c2c(c1)CCCN(c1nc(-c3cccc(Cl)c3)cs1)C2. The summed E-state index contributed by atoms with van der Waals surface area (Å²) in [6.07, 6.45) is 1.46. The number of fused-ring (bicyclic) bond motifs is 1. The van der Waals surface area contributed by atoms with E-state index in [1.165, 1.54) is 11.3 Å². The minimum absolute atomic E-state index is 0.115. The molecule has 2 heterocycles. The fourth-order valence-electron chi connectivity index (χ4n) is 3.37. The maximum Gasteiger partial charge on any atom is 0.274 e. The van der Waals surface area contributed by atoms with Crippen molar-refractivity contribution in [3.05, 3.63) is 69.3 Å². The van der Waals surface area contributed by atoms with Gasteiger partial charge in [-0.2, -0.15) is 0 Å². The van der Waals surface area contributed by atoms with E-state index in [-0.39, 0.29) is 5.56 Å². The van der Waals surface area contributed by atoms with Crippen LogP contribution in [0.5, 0.6) is 0 Å². The average molecular weight is 418 g/mol. The van der Waals surface area contributed by atoms with Crippen LogP contribution in [0.15, 0.2) is 41.8 Å². The van der Waals surface area contributed by atoms with Crippen LogP contribution in [0.2, 0.25) is 5.02 Å². The zero-order valence-electron chi connectivity index (χ0n) is 14.8. The molecule has 0 atom stereocenters. The maximum atomic E-state index is 14.7. The Hall–Kier alpha value is -2.48. The standard InChI is InChI=1S/C20H17ClFN3O2S/c21-15-5-1-3-13(8-15)18-11-28-20(23-18)25-6-2-4-12-7-14(19(26)24-27)9-17(22)16(12)10-25/h1,3,5,7-9,11,27H,2,4,6,10H2,(H,24,26). The van der Waals surface area contributed by atoms with Crippen LogP contribution in [0, 0.1) is 5.82 Å². The van der Waals surface area contributed by atoms with Gasteiger partial charge in [0.1, 0.15) is 5.82 Å². The highest BCUT2D eigenvalue weighted by atomic mass is 35.5. The first kappa shape index (κ1) is 18.9. The molecule has 1 amide bonds. The van der Waals surface area contributed by atoms with Gasteiger partial charge in [-0.15, -0.1) is 11.3 Å². The highest BCUT2D eigenvalue weighted by molar-refractivity contribution is 7.14. The summed E-state index contributed by atoms with van der Waals surface area (Å²) in [5.41, 5.74) is 4.79. The second-order valence-corrected chi connectivity index (χ2v) is 7.86. The molecule has 0 fully saturated rings. The van der Waals surface area contributed by atoms with Crippen LogP contribution in [-0.4, -0.2) is 22.6 Å². The maximum absolute atomic E-state index is 14.7. The molecule has 1 aliphatic rings. The number of amides is 1. The third-order valence-electron chi connectivity index (χ3n) is 4.76. The number of benzene rings is 2. The summed E-state index contributed by atoms with van der Waals surface area (Å²) in [6, 6.07) is 10.3. The number of thiazole rings is 1. The van der Waals surface area contributed by atoms with Crippen LogP contribution >= 0.6 is 22.9 Å². The van der Waals surface area contributed by atoms with E-state index < -0.39 is 11.7 Å². The van der Waals surface area contributed by atoms with Crippen molar-refractivity contribution in [2.45, 2.75) is 19.4 Å². The molecule has 0 unspecified atom stereocenters. The molecule has 4 rings (SSSR count). The smallest absolute Gasteiger partial charge is 0.274 e. The van der Waals surface area contributed by atoms with Gasteiger partial charge in [0.05, 0.1) is 5.69 Å². The van der Waals surface area contributed by atoms with Crippen LogP contribution in [0.3, 0.4) is 0 Å². The quantitative estimate of drug-likeness (QED) is 0.480. The molecule has 8 heteroatoms. The minimum Gasteiger partial charge on any atom is -0.344 e. The molecule has 28 heavy (non-hydrogen) atoms. The second-order valence-electron chi connectivity index (χ2n) is 6.59. The van der Waals surface area contributed by atoms with Crippen LogP contribution < -0.4 is 10.4 Å². The van der Waals surface area contributed by atoms with E-state index in [2.05, 4.69) is 4.90 Å². The Labute approximate surface area is 170 Å². The van der Waals surface area contributed by atoms with E-state index in [4.69, 9.17) is 21.8 Å². The highest BCUT2D eigenvalue weighted by Gasteiger charge is 2.22. The molecular formula is C20H17ClFN3O2S. The van der Waals surface area contributed by atoms with Crippen molar-refractivity contribution < 1.29 is 14.4 Å². The van der Waals surface area contributed by atoms with Gasteiger partial charge < -0.3 is 4.90 Å². The van der Waals surface area contributed by atoms with Gasteiger partial charge in [-0.1, -0.05) is 23.7 Å². The fourth-order valence-corrected chi connectivity index (χ4v) is 4.42. The van der Waals surface area contributed by atoms with Gasteiger partial charge in [0.15, 0.2) is 5.13 Å². The number of nitrogens with one attached hydrogen (secondary N) is 1. The molecule has 0 saturated heterocycles. The number of carbonyl (C=O) groups excluding carboxylic acids is 1. The normalized spacial score (nSPS) is 13.8. The van der Waals surface area contributed by atoms with E-state index in [9.17, 15) is 9.18 Å². The van der Waals surface area contributed by atoms with Crippen molar-refractivity contribution in [2.24, 2.45) is 0 Å². The first-order valence-electron chi connectivity index (χ1n) is 8.77. The Kier molecular flexibility index (Phi) is 5.30. The van der Waals surface area contributed by atoms with E-state index in [0.717, 1.165) is 41.0 Å². The van der Waals surface area contributed by atoms with Crippen molar-refractivity contribution >= 4 is 34.0 Å². The predicted octanol–water partition coefficient (Wildman–Crippen LogP) is 4.67. The predicted molar refractivity (Wildman–Crippen MR) is 108 cm³/mol. The molecule has 0 radical (unpaired) electrons. The largest absolute Gasteiger partial charge is 0.344 e. The monoisotopic (exact) mass is 417 g/mol. The Morgan fingerprint density at radius 1 is 1.32 bits per heavy atom. The van der Waals surface area contributed by atoms with Gasteiger partial charge in [0.25, 0.3) is 5.91 Å². The molecule has 144 valence electrons. The molecule has 2 aromatic carbocycles. The van der Waals surface area contributed by atoms with E-state index in [1.54, 1.807) is 11.5 Å². The summed E-state index contributed by atoms with van der Waals surface area (Å²) < 4.78 is 14.7. The second kappa shape index (κ2) is 7.87. The van der Waals surface area contributed by atoms with Gasteiger partial charge in [-0.3, -0.25) is 10.0 Å². The summed E-state index contributed by atoms with van der Waals surface area (Å²) in [6.45, 7) is 1.11. The van der Waals surface area contributed by atoms with E-state index in [0.29, 0.717) is 23.6 Å². The van der Waals surface area contributed by atoms with Crippen LogP contribution in [0.25, 0.3) is 11.3 Å². The minimum atomic E-state index is -0.714. The molecule has 0 aliphatic carbocycles. The number of nitrogens with zero attached hydrogens (tertiary/aromatic N) is 2. The number of hydroxylamine groups is 1. The van der Waals surface area contributed by atoms with Gasteiger partial charge in [0.2, 0.25) is 0 Å². The first-order valence-corrected chi connectivity index (χ1v) is 10.0. The van der Waals surface area contributed by atoms with Crippen molar-refractivity contribution in [3.8, 4) is 11.3 Å². The zero-order valence-corrected chi connectivity index (χ0v) is 16.4. The summed E-state index contributed by atoms with van der Waals surface area (Å²) >= 11 is 7.58. The number of halogens is 2. The Bertz CT molecular complexity index is 1040. The lowest BCUT2D eigenvalue weighted by Gasteiger charge is -2.20. The number of carbonyl (C=O) groups is 1. The number of aromatic nitrogens is 1. The summed E-state index contributed by atoms with van der Waals surface area (Å²) in [5.74, 6) is -1.16. The Morgan fingerprint density at radius 3 is 2.96 bits per heavy atom. The number of anilines is 1. The van der Waals surface area contributed by atoms with Crippen molar-refractivity contribution in [1.82, 2.24) is 10.5 Å². The molecular weight excluding hydrogens is 401 g/mol. The van der Waals surface area contributed by atoms with Gasteiger partial charge >= 0.3 is 0 Å². The zero-order chi connectivity index (χ0) is 19.7. The van der Waals surface area contributed by atoms with Crippen molar-refractivity contribution in [3.63, 3.8) is 0 Å². The Balaban J connectivity index is 1.62. The molecule has 0 spiro atoms. The number of rotatable bonds is 3. The summed E-state index contributed by atoms with van der Waals surface area (Å²) in [7, 11) is 0. The Morgan fingerprint density at radius 2 is 2.18 bits per heavy atom. The van der Waals surface area contributed by atoms with Gasteiger partial charge in [0, 0.05) is 40.2 Å². The van der Waals surface area contributed by atoms with Gasteiger partial charge in [-0.25, -0.2) is 14.9 Å². The fraction of sp³-hybridized carbons (Fsp3) is 0.200. The molecule has 0 bridgehead atoms. The van der Waals surface area contributed by atoms with Crippen LogP contribution in [0.1, 0.15) is 27.9 Å². The topological polar surface area (TPSA) is 65.5 Å². The molecule has 1 aromatic heterocycles. The number of aryl methyl sites for hydroxylation is 1. The van der Waals surface area contributed by atoms with E-state index in [1.807, 2.05) is 29.6 Å². The highest BCUT2D eigenvalue weighted by Crippen LogP contribution is 2.32. The third kappa shape index (κ3) is 3.73. The van der Waals surface area contributed by atoms with Crippen molar-refractivity contribution in [1.29, 1.82) is 0 Å². The number of hydrogen-bond donors (Lipinski definition) is 2. The summed E-state index contributed by atoms with van der Waals surface area (Å²) in [5, 5.41) is 12.2. The van der Waals surface area contributed by atoms with Crippen LogP contribution in [-0.2, 0) is 13.0 Å². The summed E-state index contributed by atoms with van der Waals surface area (Å²) in [4.78, 5) is 18.4. The number of hydrogen-bond acceptors (Lipinski definition) is 5. The average Bonchev–Trinajstić information content (AvgIpc) is 3.08. The lowest BCUT2D eigenvalue weighted by Crippen LogP contribution is -2.23.